The average Bonchev–Trinajstić information content (AvgIpc) is 3.09. The number of phosphoric acid groups is 1. The molecule has 0 aromatic rings. The van der Waals surface area contributed by atoms with Crippen LogP contribution in [0, 0.1) is 0 Å². The Balaban J connectivity index is 2.71. The monoisotopic (exact) mass is 751 g/mol. The summed E-state index contributed by atoms with van der Waals surface area (Å²) in [5, 5.41) is 73.9. The summed E-state index contributed by atoms with van der Waals surface area (Å²) in [4.78, 5) is 23.2. The van der Waals surface area contributed by atoms with E-state index >= 15 is 0 Å². The first-order valence-electron chi connectivity index (χ1n) is 19.4. The van der Waals surface area contributed by atoms with Crippen LogP contribution >= 0.6 is 7.82 Å². The van der Waals surface area contributed by atoms with Crippen LogP contribution in [0.1, 0.15) is 142 Å². The average molecular weight is 752 g/mol. The number of amides is 1. The van der Waals surface area contributed by atoms with Crippen LogP contribution in [0.25, 0.3) is 0 Å². The zero-order valence-corrected chi connectivity index (χ0v) is 31.9. The zero-order chi connectivity index (χ0) is 38.1. The molecule has 0 saturated heterocycles. The number of unbranched alkanes of at least 4 members (excludes halogenated alkanes) is 15. The highest BCUT2D eigenvalue weighted by atomic mass is 31.2. The maximum atomic E-state index is 12.9. The van der Waals surface area contributed by atoms with Gasteiger partial charge in [0.25, 0.3) is 0 Å². The van der Waals surface area contributed by atoms with E-state index < -0.39 is 75.2 Å². The van der Waals surface area contributed by atoms with Gasteiger partial charge in [0.15, 0.2) is 0 Å². The largest absolute Gasteiger partial charge is 0.472 e. The third kappa shape index (κ3) is 21.3. The SMILES string of the molecule is CCCCCCCC/C=C/CC/C=C/C(O)C(COP(=O)(O)OC1C(O)C(O)C(O)C(O)C1O)NC(=O)CC(O)CCCCCCCCCCC. The maximum absolute atomic E-state index is 12.9. The van der Waals surface area contributed by atoms with Crippen molar-refractivity contribution in [2.75, 3.05) is 6.61 Å². The second-order valence-corrected chi connectivity index (χ2v) is 15.4. The molecule has 0 radical (unpaired) electrons. The Bertz CT molecular complexity index is 985. The summed E-state index contributed by atoms with van der Waals surface area (Å²) >= 11 is 0. The molecule has 1 aliphatic carbocycles. The highest BCUT2D eigenvalue weighted by molar-refractivity contribution is 7.47. The minimum absolute atomic E-state index is 0.251. The van der Waals surface area contributed by atoms with Gasteiger partial charge in [-0.05, 0) is 32.1 Å². The van der Waals surface area contributed by atoms with Crippen molar-refractivity contribution >= 4 is 13.7 Å². The van der Waals surface area contributed by atoms with Crippen LogP contribution in [0.15, 0.2) is 24.3 Å². The summed E-state index contributed by atoms with van der Waals surface area (Å²) < 4.78 is 22.7. The Labute approximate surface area is 305 Å². The van der Waals surface area contributed by atoms with Crippen molar-refractivity contribution in [3.05, 3.63) is 24.3 Å². The van der Waals surface area contributed by atoms with Gasteiger partial charge in [0.1, 0.15) is 36.6 Å². The standard InChI is InChI=1S/C37H70NO12P/c1-3-5-7-9-11-13-14-15-17-19-21-23-25-30(40)29(38-31(41)26-28(39)24-22-20-18-16-12-10-8-6-4-2)27-49-51(47,48)50-37-35(45)33(43)32(42)34(44)36(37)46/h15,17,23,25,28-30,32-37,39-40,42-46H,3-14,16,18-22,24,26-27H2,1-2H3,(H,38,41)(H,47,48)/b17-15+,25-23+. The van der Waals surface area contributed by atoms with E-state index in [1.807, 2.05) is 0 Å². The number of nitrogens with one attached hydrogen (secondary N) is 1. The predicted molar refractivity (Wildman–Crippen MR) is 197 cm³/mol. The minimum Gasteiger partial charge on any atom is -0.393 e. The molecule has 0 aromatic carbocycles. The fourth-order valence-corrected chi connectivity index (χ4v) is 6.99. The molecule has 8 unspecified atom stereocenters. The highest BCUT2D eigenvalue weighted by Crippen LogP contribution is 2.47. The molecule has 0 bridgehead atoms. The van der Waals surface area contributed by atoms with Crippen molar-refractivity contribution in [2.45, 2.75) is 197 Å². The number of carbonyl (C=O) groups excluding carboxylic acids is 1. The van der Waals surface area contributed by atoms with E-state index in [0.717, 1.165) is 44.9 Å². The number of carbonyl (C=O) groups is 1. The minimum atomic E-state index is -5.13. The van der Waals surface area contributed by atoms with Crippen LogP contribution in [0.3, 0.4) is 0 Å². The molecule has 51 heavy (non-hydrogen) atoms. The molecule has 1 aliphatic rings. The summed E-state index contributed by atoms with van der Waals surface area (Å²) in [6, 6.07) is -1.25. The van der Waals surface area contributed by atoms with Crippen molar-refractivity contribution in [3.63, 3.8) is 0 Å². The van der Waals surface area contributed by atoms with Gasteiger partial charge in [0.2, 0.25) is 5.91 Å². The van der Waals surface area contributed by atoms with Gasteiger partial charge < -0.3 is 46.0 Å². The van der Waals surface area contributed by atoms with Crippen LogP contribution in [0.2, 0.25) is 0 Å². The van der Waals surface area contributed by atoms with Crippen molar-refractivity contribution in [3.8, 4) is 0 Å². The summed E-state index contributed by atoms with van der Waals surface area (Å²) in [6.45, 7) is 3.64. The molecule has 1 fully saturated rings. The normalized spacial score (nSPS) is 25.6. The molecular weight excluding hydrogens is 681 g/mol. The molecule has 1 saturated carbocycles. The Kier molecular flexibility index (Phi) is 26.5. The van der Waals surface area contributed by atoms with Gasteiger partial charge in [0.05, 0.1) is 31.3 Å². The molecule has 0 heterocycles. The number of aliphatic hydroxyl groups excluding tert-OH is 7. The van der Waals surface area contributed by atoms with Crippen LogP contribution in [-0.4, -0.2) is 108 Å². The van der Waals surface area contributed by atoms with Crippen molar-refractivity contribution in [2.24, 2.45) is 0 Å². The molecule has 0 spiro atoms. The lowest BCUT2D eigenvalue weighted by Crippen LogP contribution is -2.64. The van der Waals surface area contributed by atoms with Crippen molar-refractivity contribution in [1.29, 1.82) is 0 Å². The number of hydrogen-bond acceptors (Lipinski definition) is 11. The lowest BCUT2D eigenvalue weighted by atomic mass is 9.85. The summed E-state index contributed by atoms with van der Waals surface area (Å²) in [6.07, 6.45) is 13.0. The highest BCUT2D eigenvalue weighted by Gasteiger charge is 2.51. The number of phosphoric ester groups is 1. The summed E-state index contributed by atoms with van der Waals surface area (Å²) in [7, 11) is -5.13. The molecule has 9 N–H and O–H groups in total. The third-order valence-electron chi connectivity index (χ3n) is 9.29. The first kappa shape index (κ1) is 47.8. The van der Waals surface area contributed by atoms with Gasteiger partial charge in [-0.25, -0.2) is 4.57 Å². The lowest BCUT2D eigenvalue weighted by Gasteiger charge is -2.41. The second-order valence-electron chi connectivity index (χ2n) is 14.0. The zero-order valence-electron chi connectivity index (χ0n) is 31.0. The van der Waals surface area contributed by atoms with Gasteiger partial charge in [-0.1, -0.05) is 128 Å². The fourth-order valence-electron chi connectivity index (χ4n) is 6.02. The van der Waals surface area contributed by atoms with Crippen molar-refractivity contribution in [1.82, 2.24) is 5.32 Å². The smallest absolute Gasteiger partial charge is 0.393 e. The fraction of sp³-hybridized carbons (Fsp3) is 0.865. The van der Waals surface area contributed by atoms with E-state index in [-0.39, 0.29) is 6.42 Å². The van der Waals surface area contributed by atoms with Crippen LogP contribution in [0.5, 0.6) is 0 Å². The maximum Gasteiger partial charge on any atom is 0.472 e. The third-order valence-corrected chi connectivity index (χ3v) is 10.3. The van der Waals surface area contributed by atoms with E-state index in [2.05, 4.69) is 31.3 Å². The lowest BCUT2D eigenvalue weighted by molar-refractivity contribution is -0.220. The van der Waals surface area contributed by atoms with E-state index in [1.165, 1.54) is 70.3 Å². The molecule has 0 aliphatic heterocycles. The Morgan fingerprint density at radius 2 is 1.16 bits per heavy atom. The van der Waals surface area contributed by atoms with Gasteiger partial charge in [-0.15, -0.1) is 0 Å². The summed E-state index contributed by atoms with van der Waals surface area (Å²) in [5.74, 6) is -0.607. The van der Waals surface area contributed by atoms with E-state index in [9.17, 15) is 50.0 Å². The molecule has 13 nitrogen and oxygen atoms in total. The number of rotatable bonds is 30. The number of hydrogen-bond donors (Lipinski definition) is 9. The van der Waals surface area contributed by atoms with Crippen LogP contribution in [-0.2, 0) is 18.4 Å². The molecular formula is C37H70NO12P. The number of allylic oxidation sites excluding steroid dienone is 3. The molecule has 0 aromatic heterocycles. The quantitative estimate of drug-likeness (QED) is 0.0282. The van der Waals surface area contributed by atoms with Crippen LogP contribution < -0.4 is 5.32 Å². The molecule has 14 heteroatoms. The number of aliphatic hydroxyl groups is 7. The molecule has 1 amide bonds. The molecule has 8 atom stereocenters. The molecule has 1 rings (SSSR count). The van der Waals surface area contributed by atoms with E-state index in [4.69, 9.17) is 9.05 Å². The van der Waals surface area contributed by atoms with Crippen molar-refractivity contribution < 1.29 is 59.0 Å². The molecule has 300 valence electrons. The first-order chi connectivity index (χ1) is 24.3. The van der Waals surface area contributed by atoms with Gasteiger partial charge >= 0.3 is 7.82 Å². The van der Waals surface area contributed by atoms with Crippen LogP contribution in [0.4, 0.5) is 0 Å². The first-order valence-corrected chi connectivity index (χ1v) is 20.9. The van der Waals surface area contributed by atoms with Gasteiger partial charge in [0, 0.05) is 0 Å². The summed E-state index contributed by atoms with van der Waals surface area (Å²) in [5.41, 5.74) is 0. The van der Waals surface area contributed by atoms with Gasteiger partial charge in [-0.2, -0.15) is 0 Å². The van der Waals surface area contributed by atoms with Gasteiger partial charge in [-0.3, -0.25) is 13.8 Å². The van der Waals surface area contributed by atoms with E-state index in [0.29, 0.717) is 12.8 Å². The predicted octanol–water partition coefficient (Wildman–Crippen LogP) is 4.47. The topological polar surface area (TPSA) is 226 Å². The Morgan fingerprint density at radius 1 is 0.686 bits per heavy atom. The van der Waals surface area contributed by atoms with E-state index in [1.54, 1.807) is 6.08 Å². The Morgan fingerprint density at radius 3 is 1.73 bits per heavy atom. The second kappa shape index (κ2) is 28.3. The Hall–Kier alpha value is -1.22.